The molecule has 1 heterocycles. The van der Waals surface area contributed by atoms with Crippen molar-refractivity contribution in [2.45, 2.75) is 50.7 Å². The number of alkyl halides is 3. The Labute approximate surface area is 236 Å². The van der Waals surface area contributed by atoms with Gasteiger partial charge in [0.15, 0.2) is 17.3 Å². The molecule has 2 amide bonds. The first kappa shape index (κ1) is 30.0. The molecule has 0 aromatic heterocycles. The molecule has 1 saturated carbocycles. The van der Waals surface area contributed by atoms with Crippen molar-refractivity contribution in [1.82, 2.24) is 10.2 Å². The molecule has 11 heteroatoms. The van der Waals surface area contributed by atoms with Gasteiger partial charge in [-0.1, -0.05) is 49.6 Å². The Bertz CT molecular complexity index is 1330. The van der Waals surface area contributed by atoms with Crippen LogP contribution in [0.3, 0.4) is 0 Å². The van der Waals surface area contributed by atoms with Gasteiger partial charge in [-0.25, -0.2) is 0 Å². The highest BCUT2D eigenvalue weighted by Gasteiger charge is 2.70. The van der Waals surface area contributed by atoms with Crippen LogP contribution in [0.5, 0.6) is 17.2 Å². The summed E-state index contributed by atoms with van der Waals surface area (Å²) in [6, 6.07) is 9.76. The summed E-state index contributed by atoms with van der Waals surface area (Å²) in [7, 11) is 3.93. The molecule has 0 radical (unpaired) electrons. The Kier molecular flexibility index (Phi) is 8.65. The maximum absolute atomic E-state index is 15.3. The molecule has 4 rings (SSSR count). The fourth-order valence-corrected chi connectivity index (χ4v) is 5.69. The van der Waals surface area contributed by atoms with Crippen LogP contribution in [0.15, 0.2) is 53.7 Å². The summed E-state index contributed by atoms with van der Waals surface area (Å²) in [5.41, 5.74) is -4.89. The van der Waals surface area contributed by atoms with Crippen LogP contribution in [0.4, 0.5) is 13.2 Å². The molecule has 0 bridgehead atoms. The lowest BCUT2D eigenvalue weighted by molar-refractivity contribution is -0.189. The van der Waals surface area contributed by atoms with Crippen molar-refractivity contribution in [3.8, 4) is 17.2 Å². The standard InChI is InChI=1S/C30H33F3N2O6/c1-18-24(25(36)20-13-9-6-10-14-20)29(30(31,32)33,28(38)35(18)17-19-11-7-5-8-12-19)34-27(37)21-15-22(39-2)26(41-4)23(16-21)40-3/h6,9-10,13-16,19H,5,7-8,11-12,17H2,1-4H3,(H,34,37)/t29-/m1/s1. The summed E-state index contributed by atoms with van der Waals surface area (Å²) in [5.74, 6) is -3.49. The van der Waals surface area contributed by atoms with Crippen molar-refractivity contribution in [2.24, 2.45) is 5.92 Å². The van der Waals surface area contributed by atoms with Crippen molar-refractivity contribution in [3.05, 3.63) is 64.9 Å². The number of benzene rings is 2. The van der Waals surface area contributed by atoms with Gasteiger partial charge in [-0.2, -0.15) is 13.2 Å². The molecule has 1 aliphatic carbocycles. The van der Waals surface area contributed by atoms with E-state index in [1.54, 1.807) is 6.07 Å². The van der Waals surface area contributed by atoms with E-state index in [9.17, 15) is 14.4 Å². The van der Waals surface area contributed by atoms with Gasteiger partial charge in [0.2, 0.25) is 11.3 Å². The topological polar surface area (TPSA) is 94.2 Å². The molecular weight excluding hydrogens is 541 g/mol. The third-order valence-corrected chi connectivity index (χ3v) is 7.79. The highest BCUT2D eigenvalue weighted by Crippen LogP contribution is 2.47. The summed E-state index contributed by atoms with van der Waals surface area (Å²) in [6.45, 7) is 1.35. The molecule has 0 spiro atoms. The van der Waals surface area contributed by atoms with Gasteiger partial charge >= 0.3 is 6.18 Å². The molecule has 2 aliphatic rings. The lowest BCUT2D eigenvalue weighted by Gasteiger charge is -2.34. The lowest BCUT2D eigenvalue weighted by atomic mass is 9.84. The zero-order valence-corrected chi connectivity index (χ0v) is 23.4. The third-order valence-electron chi connectivity index (χ3n) is 7.79. The number of carbonyl (C=O) groups excluding carboxylic acids is 3. The molecule has 0 unspecified atom stereocenters. The second kappa shape index (κ2) is 11.8. The van der Waals surface area contributed by atoms with Crippen LogP contribution in [-0.4, -0.2) is 62.1 Å². The lowest BCUT2D eigenvalue weighted by Crippen LogP contribution is -2.66. The van der Waals surface area contributed by atoms with E-state index in [4.69, 9.17) is 14.2 Å². The second-order valence-electron chi connectivity index (χ2n) is 10.2. The number of nitrogens with zero attached hydrogens (tertiary/aromatic N) is 1. The van der Waals surface area contributed by atoms with E-state index < -0.39 is 34.9 Å². The Morgan fingerprint density at radius 3 is 2.05 bits per heavy atom. The Balaban J connectivity index is 1.86. The first-order chi connectivity index (χ1) is 19.5. The van der Waals surface area contributed by atoms with E-state index in [0.29, 0.717) is 0 Å². The Morgan fingerprint density at radius 2 is 1.54 bits per heavy atom. The number of carbonyl (C=O) groups is 3. The average molecular weight is 575 g/mol. The molecule has 0 saturated heterocycles. The monoisotopic (exact) mass is 574 g/mol. The Hall–Kier alpha value is -4.02. The molecule has 220 valence electrons. The predicted molar refractivity (Wildman–Crippen MR) is 144 cm³/mol. The highest BCUT2D eigenvalue weighted by molar-refractivity contribution is 6.19. The number of ketones is 1. The van der Waals surface area contributed by atoms with Crippen molar-refractivity contribution >= 4 is 17.6 Å². The molecule has 41 heavy (non-hydrogen) atoms. The van der Waals surface area contributed by atoms with Crippen molar-refractivity contribution in [2.75, 3.05) is 27.9 Å². The number of methoxy groups -OCH3 is 3. The number of amides is 2. The summed E-state index contributed by atoms with van der Waals surface area (Å²) < 4.78 is 61.6. The molecule has 1 atom stereocenters. The van der Waals surface area contributed by atoms with Crippen LogP contribution >= 0.6 is 0 Å². The third kappa shape index (κ3) is 5.37. The molecule has 1 N–H and O–H groups in total. The molecule has 1 fully saturated rings. The van der Waals surface area contributed by atoms with Crippen LogP contribution in [-0.2, 0) is 4.79 Å². The van der Waals surface area contributed by atoms with Gasteiger partial charge in [0.1, 0.15) is 0 Å². The molecule has 1 aliphatic heterocycles. The number of ether oxygens (including phenoxy) is 3. The van der Waals surface area contributed by atoms with Crippen LogP contribution in [0.1, 0.15) is 59.7 Å². The first-order valence-corrected chi connectivity index (χ1v) is 13.3. The number of rotatable bonds is 9. The summed E-state index contributed by atoms with van der Waals surface area (Å²) in [4.78, 5) is 42.3. The minimum absolute atomic E-state index is 0.0219. The Morgan fingerprint density at radius 1 is 0.951 bits per heavy atom. The SMILES string of the molecule is COc1cc(C(=O)N[C@@]2(C(F)(F)F)C(=O)N(CC3CCCCC3)C(C)=C2C(=O)c2ccccc2)cc(OC)c1OC. The molecule has 2 aromatic carbocycles. The zero-order valence-electron chi connectivity index (χ0n) is 23.4. The van der Waals surface area contributed by atoms with Crippen LogP contribution < -0.4 is 19.5 Å². The van der Waals surface area contributed by atoms with Gasteiger partial charge in [0, 0.05) is 23.4 Å². The number of Topliss-reactive ketones (excluding diaryl/α,β-unsaturated/α-hetero) is 1. The fraction of sp³-hybridized carbons (Fsp3) is 0.433. The summed E-state index contributed by atoms with van der Waals surface area (Å²) in [6.07, 6.45) is -0.996. The van der Waals surface area contributed by atoms with E-state index in [1.807, 2.05) is 5.32 Å². The van der Waals surface area contributed by atoms with E-state index in [2.05, 4.69) is 0 Å². The summed E-state index contributed by atoms with van der Waals surface area (Å²) >= 11 is 0. The van der Waals surface area contributed by atoms with E-state index in [-0.39, 0.29) is 46.5 Å². The van der Waals surface area contributed by atoms with Gasteiger partial charge in [0.25, 0.3) is 11.8 Å². The maximum Gasteiger partial charge on any atom is 0.425 e. The van der Waals surface area contributed by atoms with Gasteiger partial charge in [-0.15, -0.1) is 0 Å². The predicted octanol–water partition coefficient (Wildman–Crippen LogP) is 5.32. The number of halogens is 3. The fourth-order valence-electron chi connectivity index (χ4n) is 5.69. The largest absolute Gasteiger partial charge is 0.493 e. The van der Waals surface area contributed by atoms with Crippen LogP contribution in [0.2, 0.25) is 0 Å². The smallest absolute Gasteiger partial charge is 0.425 e. The minimum Gasteiger partial charge on any atom is -0.493 e. The first-order valence-electron chi connectivity index (χ1n) is 13.3. The number of allylic oxidation sites excluding steroid dienone is 1. The van der Waals surface area contributed by atoms with Crippen LogP contribution in [0, 0.1) is 5.92 Å². The summed E-state index contributed by atoms with van der Waals surface area (Å²) in [5, 5.41) is 1.95. The average Bonchev–Trinajstić information content (AvgIpc) is 3.18. The normalized spacial score (nSPS) is 19.8. The zero-order chi connectivity index (χ0) is 29.9. The second-order valence-corrected chi connectivity index (χ2v) is 10.2. The molecule has 8 nitrogen and oxygen atoms in total. The maximum atomic E-state index is 15.3. The van der Waals surface area contributed by atoms with E-state index >= 15 is 13.2 Å². The number of nitrogens with one attached hydrogen (secondary N) is 1. The highest BCUT2D eigenvalue weighted by atomic mass is 19.4. The van der Waals surface area contributed by atoms with E-state index in [0.717, 1.165) is 37.0 Å². The van der Waals surface area contributed by atoms with Gasteiger partial charge in [-0.05, 0) is 37.8 Å². The van der Waals surface area contributed by atoms with Gasteiger partial charge < -0.3 is 24.4 Å². The molecular formula is C30H33F3N2O6. The number of hydrogen-bond acceptors (Lipinski definition) is 6. The minimum atomic E-state index is -5.36. The number of hydrogen-bond donors (Lipinski definition) is 1. The quantitative estimate of drug-likeness (QED) is 0.408. The van der Waals surface area contributed by atoms with Crippen LogP contribution in [0.25, 0.3) is 0 Å². The molecule has 2 aromatic rings. The van der Waals surface area contributed by atoms with E-state index in [1.165, 1.54) is 64.7 Å². The van der Waals surface area contributed by atoms with Gasteiger partial charge in [-0.3, -0.25) is 14.4 Å². The van der Waals surface area contributed by atoms with Crippen molar-refractivity contribution in [3.63, 3.8) is 0 Å². The van der Waals surface area contributed by atoms with Gasteiger partial charge in [0.05, 0.1) is 26.9 Å². The van der Waals surface area contributed by atoms with Crippen molar-refractivity contribution < 1.29 is 41.8 Å². The van der Waals surface area contributed by atoms with Crippen molar-refractivity contribution in [1.29, 1.82) is 0 Å².